The van der Waals surface area contributed by atoms with Crippen LogP contribution in [0.15, 0.2) is 65.8 Å². The molecule has 2 saturated heterocycles. The number of nitrogens with two attached hydrogens (primary N) is 4. The molecule has 2 aliphatic rings. The minimum Gasteiger partial charge on any atom is -0.459 e. The van der Waals surface area contributed by atoms with Crippen molar-refractivity contribution in [3.63, 3.8) is 0 Å². The number of primary amides is 2. The number of rotatable bonds is 36. The SMILES string of the molecule is CC(C)C[C@H]1NC(=O)[C@@H](CCC(N)=O)N(C)C(=O)[C@@H](NC(=O)[C@@H](CS(=O)(=O)O)NC(=O)[C@H](CCCN=C(N)N)NC(=O)[C@@H](Cc2c[nH]c3ccccc23)NC(=O)[C@@H](NC(=O)[C@H](NC(=O)[C@@H]2CCCN2C(=O)[C@H](Cc2ccccc2)NC(=O)[C@@H](C)NC=O)C(C)(C)C)C(C)(C)C)[C@@H](C)OC(=O)CNC(=O)[C@H](CCC(N)=O)NC(=O)[C@H]([C@@H](C)O)NC1=O. The number of likely N-dealkylation sites (tertiary alicyclic amines) is 1. The first-order chi connectivity index (χ1) is 56.0. The Labute approximate surface area is 694 Å². The zero-order valence-electron chi connectivity index (χ0n) is 69.3. The van der Waals surface area contributed by atoms with Crippen LogP contribution in [0.3, 0.4) is 0 Å². The van der Waals surface area contributed by atoms with Crippen molar-refractivity contribution in [1.29, 1.82) is 0 Å². The molecular weight excluding hydrogens is 1590 g/mol. The zero-order chi connectivity index (χ0) is 90.0. The van der Waals surface area contributed by atoms with E-state index in [-0.39, 0.29) is 45.2 Å². The van der Waals surface area contributed by atoms with Gasteiger partial charge in [-0.2, -0.15) is 8.42 Å². The maximum Gasteiger partial charge on any atom is 0.325 e. The summed E-state index contributed by atoms with van der Waals surface area (Å²) < 4.78 is 42.1. The van der Waals surface area contributed by atoms with Gasteiger partial charge in [0, 0.05) is 62.9 Å². The average Bonchev–Trinajstić information content (AvgIpc) is 1.55. The summed E-state index contributed by atoms with van der Waals surface area (Å²) in [6, 6.07) is -6.32. The molecule has 2 aliphatic heterocycles. The fraction of sp³-hybridized carbons (Fsp3) is 0.584. The van der Waals surface area contributed by atoms with Gasteiger partial charge < -0.3 is 111 Å². The lowest BCUT2D eigenvalue weighted by molar-refractivity contribution is -0.155. The smallest absolute Gasteiger partial charge is 0.325 e. The number of fused-ring (bicyclic) bond motifs is 1. The number of amides is 16. The molecule has 1 aromatic heterocycles. The predicted molar refractivity (Wildman–Crippen MR) is 433 cm³/mol. The van der Waals surface area contributed by atoms with Gasteiger partial charge in [-0.3, -0.25) is 91.1 Å². The Balaban J connectivity index is 1.55. The highest BCUT2D eigenvalue weighted by molar-refractivity contribution is 7.85. The van der Waals surface area contributed by atoms with Gasteiger partial charge in [0.2, 0.25) is 95.0 Å². The van der Waals surface area contributed by atoms with Crippen LogP contribution >= 0.6 is 0 Å². The van der Waals surface area contributed by atoms with Crippen molar-refractivity contribution in [2.45, 2.75) is 238 Å². The molecule has 0 unspecified atom stereocenters. The van der Waals surface area contributed by atoms with E-state index in [1.807, 2.05) is 0 Å². The summed E-state index contributed by atoms with van der Waals surface area (Å²) in [4.78, 5) is 248. The number of likely N-dealkylation sites (N-methyl/N-ethyl adjacent to an activating group) is 1. The largest absolute Gasteiger partial charge is 0.459 e. The summed E-state index contributed by atoms with van der Waals surface area (Å²) in [7, 11) is -4.46. The van der Waals surface area contributed by atoms with Crippen molar-refractivity contribution in [2.24, 2.45) is 44.7 Å². The molecule has 43 heteroatoms. The van der Waals surface area contributed by atoms with E-state index in [4.69, 9.17) is 27.7 Å². The van der Waals surface area contributed by atoms with Crippen LogP contribution in [0.25, 0.3) is 10.9 Å². The molecule has 5 rings (SSSR count). The summed E-state index contributed by atoms with van der Waals surface area (Å²) in [5.74, 6) is -20.0. The number of aliphatic hydroxyl groups is 1. The number of esters is 1. The van der Waals surface area contributed by atoms with Crippen LogP contribution in [-0.2, 0) is 109 Å². The second-order valence-electron chi connectivity index (χ2n) is 32.4. The van der Waals surface area contributed by atoms with E-state index in [9.17, 15) is 80.4 Å². The molecular formula is C77H116N20O22S. The Morgan fingerprint density at radius 3 is 1.85 bits per heavy atom. The molecule has 16 amide bonds. The molecule has 120 heavy (non-hydrogen) atoms. The molecule has 23 N–H and O–H groups in total. The number of nitrogens with one attached hydrogen (secondary N) is 13. The Bertz CT molecular complexity index is 4350. The number of hydrogen-bond acceptors (Lipinski definition) is 22. The number of hydrogen-bond donors (Lipinski definition) is 19. The fourth-order valence-corrected chi connectivity index (χ4v) is 14.0. The number of guanidine groups is 1. The van der Waals surface area contributed by atoms with E-state index in [0.29, 0.717) is 39.8 Å². The van der Waals surface area contributed by atoms with Gasteiger partial charge in [0.25, 0.3) is 10.1 Å². The molecule has 3 heterocycles. The number of ether oxygens (including phenoxy) is 1. The first kappa shape index (κ1) is 98.7. The minimum absolute atomic E-state index is 0.00634. The predicted octanol–water partition coefficient (Wildman–Crippen LogP) is -5.19. The van der Waals surface area contributed by atoms with Crippen LogP contribution in [0.5, 0.6) is 0 Å². The molecule has 15 atom stereocenters. The van der Waals surface area contributed by atoms with Crippen molar-refractivity contribution in [1.82, 2.24) is 78.6 Å². The van der Waals surface area contributed by atoms with Crippen LogP contribution in [0.2, 0.25) is 0 Å². The van der Waals surface area contributed by atoms with E-state index >= 15 is 19.2 Å². The normalized spacial score (nSPS) is 20.7. The fourth-order valence-electron chi connectivity index (χ4n) is 13.4. The number of nitrogens with zero attached hydrogens (tertiary/aromatic N) is 3. The van der Waals surface area contributed by atoms with Gasteiger partial charge >= 0.3 is 5.97 Å². The monoisotopic (exact) mass is 1700 g/mol. The maximum atomic E-state index is 15.4. The van der Waals surface area contributed by atoms with Gasteiger partial charge in [0.05, 0.1) is 6.10 Å². The molecule has 0 bridgehead atoms. The minimum atomic E-state index is -5.43. The van der Waals surface area contributed by atoms with Crippen molar-refractivity contribution in [3.8, 4) is 0 Å². The number of aromatic amines is 1. The van der Waals surface area contributed by atoms with Gasteiger partial charge in [-0.1, -0.05) is 104 Å². The highest BCUT2D eigenvalue weighted by atomic mass is 32.2. The van der Waals surface area contributed by atoms with Gasteiger partial charge in [-0.05, 0) is 99.7 Å². The summed E-state index contributed by atoms with van der Waals surface area (Å²) in [6.07, 6.45) is -4.83. The molecule has 0 saturated carbocycles. The number of aliphatic hydroxyl groups excluding tert-OH is 1. The standard InChI is InChI=1S/C77H116N20O22S/c1-39(2)32-49-66(107)92-58(41(4)99)70(111)87-48(26-28-55(78)100)63(104)84-36-57(102)119-42(5)59(74(115)96(12)53(68(109)88-49)27-29-56(79)101)93-67(108)52(37-120(116,117)118)91-64(105)47(24-18-30-82-75(80)81)86-65(106)50(34-44-35-83-46-23-17-16-22-45(44)46)89-71(112)60(76(6,7)8)95-72(113)61(77(9,10)11)94-69(110)54-25-19-31-97(54)73(114)51(33-43-20-14-13-15-21-43)90-62(103)40(3)85-38-98/h13-17,20-23,35,38-42,47-54,58-61,83,99H,18-19,24-34,36-37H2,1-12H3,(H2,78,100)(H2,79,101)(H,84,104)(H,85,98)(H,86,106)(H,87,111)(H,88,109)(H,89,112)(H,90,103)(H,91,105)(H,92,107)(H,93,108)(H,94,110)(H,95,113)(H4,80,81,82)(H,116,117,118)/t40-,41-,42-,47+,48+,49-,50-,51+,52-,53-,54+,58+,59+,60-,61+/m1/s1. The van der Waals surface area contributed by atoms with E-state index in [1.54, 1.807) is 116 Å². The molecule has 2 aromatic carbocycles. The maximum absolute atomic E-state index is 15.4. The van der Waals surface area contributed by atoms with Crippen LogP contribution < -0.4 is 86.7 Å². The molecule has 0 radical (unpaired) electrons. The highest BCUT2D eigenvalue weighted by Gasteiger charge is 2.46. The Morgan fingerprint density at radius 2 is 1.25 bits per heavy atom. The van der Waals surface area contributed by atoms with Crippen molar-refractivity contribution < 1.29 is 104 Å². The van der Waals surface area contributed by atoms with Crippen molar-refractivity contribution in [3.05, 3.63) is 71.9 Å². The van der Waals surface area contributed by atoms with E-state index in [1.165, 1.54) is 11.8 Å². The van der Waals surface area contributed by atoms with Crippen molar-refractivity contribution >= 4 is 128 Å². The van der Waals surface area contributed by atoms with Gasteiger partial charge in [0.15, 0.2) is 5.96 Å². The first-order valence-corrected chi connectivity index (χ1v) is 40.7. The molecule has 662 valence electrons. The number of para-hydroxylation sites is 1. The first-order valence-electron chi connectivity index (χ1n) is 39.1. The number of benzene rings is 2. The van der Waals surface area contributed by atoms with Gasteiger partial charge in [0.1, 0.15) is 96.9 Å². The second-order valence-corrected chi connectivity index (χ2v) is 33.9. The lowest BCUT2D eigenvalue weighted by Crippen LogP contribution is -2.64. The van der Waals surface area contributed by atoms with Gasteiger partial charge in [-0.15, -0.1) is 0 Å². The molecule has 42 nitrogen and oxygen atoms in total. The summed E-state index contributed by atoms with van der Waals surface area (Å²) >= 11 is 0. The van der Waals surface area contributed by atoms with Crippen LogP contribution in [-0.4, -0.2) is 263 Å². The van der Waals surface area contributed by atoms with Crippen LogP contribution in [0.4, 0.5) is 0 Å². The Kier molecular flexibility index (Phi) is 36.8. The average molecular weight is 1710 g/mol. The third kappa shape index (κ3) is 30.5. The molecule has 0 aliphatic carbocycles. The number of aromatic nitrogens is 1. The number of aliphatic imine (C=N–C) groups is 1. The van der Waals surface area contributed by atoms with Crippen LogP contribution in [0.1, 0.15) is 145 Å². The van der Waals surface area contributed by atoms with Gasteiger partial charge in [-0.25, -0.2) is 0 Å². The summed E-state index contributed by atoms with van der Waals surface area (Å²) in [6.45, 7) is 15.2. The second kappa shape index (κ2) is 44.8. The summed E-state index contributed by atoms with van der Waals surface area (Å²) in [5.41, 5.74) is 21.4. The number of H-pyrrole nitrogens is 1. The lowest BCUT2D eigenvalue weighted by atomic mass is 9.83. The van der Waals surface area contributed by atoms with Crippen molar-refractivity contribution in [2.75, 3.05) is 32.4 Å². The van der Waals surface area contributed by atoms with E-state index < -0.39 is 263 Å². The highest BCUT2D eigenvalue weighted by Crippen LogP contribution is 2.28. The van der Waals surface area contributed by atoms with E-state index in [0.717, 1.165) is 20.9 Å². The van der Waals surface area contributed by atoms with Crippen LogP contribution in [0, 0.1) is 16.7 Å². The number of cyclic esters (lactones) is 1. The molecule has 3 aromatic rings. The quantitative estimate of drug-likeness (QED) is 0.00646. The van der Waals surface area contributed by atoms with E-state index in [2.05, 4.69) is 73.8 Å². The molecule has 0 spiro atoms. The number of carbonyl (C=O) groups is 17. The number of carbonyl (C=O) groups excluding carboxylic acids is 17. The third-order valence-corrected chi connectivity index (χ3v) is 20.6. The Morgan fingerprint density at radius 1 is 0.675 bits per heavy atom. The topological polar surface area (TPSA) is 657 Å². The molecule has 2 fully saturated rings. The zero-order valence-corrected chi connectivity index (χ0v) is 70.1. The third-order valence-electron chi connectivity index (χ3n) is 19.9. The summed E-state index contributed by atoms with van der Waals surface area (Å²) in [5, 5.41) is 40.9. The Hall–Kier alpha value is -11.9. The lowest BCUT2D eigenvalue weighted by Gasteiger charge is -2.37.